The van der Waals surface area contributed by atoms with Crippen molar-refractivity contribution < 1.29 is 0 Å². The van der Waals surface area contributed by atoms with E-state index < -0.39 is 0 Å². The van der Waals surface area contributed by atoms with Crippen molar-refractivity contribution in [3.8, 4) is 0 Å². The van der Waals surface area contributed by atoms with Gasteiger partial charge in [0.15, 0.2) is 0 Å². The first-order valence-electron chi connectivity index (χ1n) is 7.12. The summed E-state index contributed by atoms with van der Waals surface area (Å²) in [4.78, 5) is 0. The first-order chi connectivity index (χ1) is 8.36. The Bertz CT molecular complexity index is 339. The summed E-state index contributed by atoms with van der Waals surface area (Å²) in [5, 5.41) is 8.06. The summed E-state index contributed by atoms with van der Waals surface area (Å²) < 4.78 is 2.25. The molecule has 1 aliphatic rings. The van der Waals surface area contributed by atoms with E-state index in [9.17, 15) is 0 Å². The normalized spacial score (nSPS) is 15.4. The Balaban J connectivity index is 2.01. The minimum atomic E-state index is 0.799. The molecule has 0 unspecified atom stereocenters. The molecule has 1 fully saturated rings. The van der Waals surface area contributed by atoms with Crippen LogP contribution in [0.15, 0.2) is 6.20 Å². The third kappa shape index (κ3) is 3.32. The van der Waals surface area contributed by atoms with Gasteiger partial charge in [0.05, 0.1) is 6.20 Å². The minimum Gasteiger partial charge on any atom is -0.313 e. The van der Waals surface area contributed by atoms with E-state index in [4.69, 9.17) is 0 Å². The molecule has 1 heterocycles. The Morgan fingerprint density at radius 1 is 1.35 bits per heavy atom. The van der Waals surface area contributed by atoms with Gasteiger partial charge in [-0.25, -0.2) is 0 Å². The molecule has 0 amide bonds. The molecule has 1 saturated carbocycles. The molecular weight excluding hydrogens is 210 g/mol. The summed E-state index contributed by atoms with van der Waals surface area (Å²) in [5.74, 6) is 0.799. The van der Waals surface area contributed by atoms with E-state index >= 15 is 0 Å². The predicted molar refractivity (Wildman–Crippen MR) is 71.1 cm³/mol. The second kappa shape index (κ2) is 6.20. The van der Waals surface area contributed by atoms with Crippen LogP contribution in [0.4, 0.5) is 0 Å². The molecular formula is C14H25N3. The largest absolute Gasteiger partial charge is 0.313 e. The van der Waals surface area contributed by atoms with Gasteiger partial charge in [-0.15, -0.1) is 0 Å². The van der Waals surface area contributed by atoms with Gasteiger partial charge >= 0.3 is 0 Å². The molecule has 3 nitrogen and oxygen atoms in total. The van der Waals surface area contributed by atoms with Crippen molar-refractivity contribution in [3.63, 3.8) is 0 Å². The maximum Gasteiger partial charge on any atom is 0.0537 e. The molecule has 0 atom stereocenters. The van der Waals surface area contributed by atoms with Crippen LogP contribution in [0.5, 0.6) is 0 Å². The fourth-order valence-electron chi connectivity index (χ4n) is 2.29. The fraction of sp³-hybridized carbons (Fsp3) is 0.786. The second-order valence-corrected chi connectivity index (χ2v) is 5.08. The van der Waals surface area contributed by atoms with E-state index in [-0.39, 0.29) is 0 Å². The van der Waals surface area contributed by atoms with Crippen molar-refractivity contribution in [3.05, 3.63) is 17.5 Å². The molecule has 3 heteroatoms. The molecule has 0 radical (unpaired) electrons. The number of hydrogen-bond donors (Lipinski definition) is 1. The van der Waals surface area contributed by atoms with Crippen LogP contribution in [-0.2, 0) is 13.1 Å². The highest BCUT2D eigenvalue weighted by atomic mass is 15.3. The lowest BCUT2D eigenvalue weighted by molar-refractivity contribution is 0.546. The average molecular weight is 235 g/mol. The molecule has 0 saturated heterocycles. The molecule has 0 bridgehead atoms. The number of nitrogens with one attached hydrogen (secondary N) is 1. The van der Waals surface area contributed by atoms with Gasteiger partial charge in [0.2, 0.25) is 0 Å². The Kier molecular flexibility index (Phi) is 4.60. The molecule has 1 aromatic rings. The standard InChI is InChI=1S/C14H25N3/c1-3-5-9-17-14(12-6-7-12)13(11-16-17)10-15-8-4-2/h11-12,15H,3-10H2,1-2H3. The van der Waals surface area contributed by atoms with E-state index in [1.54, 1.807) is 0 Å². The van der Waals surface area contributed by atoms with E-state index in [0.717, 1.165) is 25.6 Å². The highest BCUT2D eigenvalue weighted by molar-refractivity contribution is 5.25. The molecule has 0 aromatic carbocycles. The van der Waals surface area contributed by atoms with E-state index in [1.165, 1.54) is 43.4 Å². The lowest BCUT2D eigenvalue weighted by atomic mass is 10.1. The van der Waals surface area contributed by atoms with Gasteiger partial charge in [0.1, 0.15) is 0 Å². The summed E-state index contributed by atoms with van der Waals surface area (Å²) in [6.45, 7) is 7.63. The van der Waals surface area contributed by atoms with Crippen LogP contribution in [0.2, 0.25) is 0 Å². The SMILES string of the molecule is CCCCn1ncc(CNCCC)c1C1CC1. The van der Waals surface area contributed by atoms with Gasteiger partial charge in [-0.05, 0) is 32.2 Å². The molecule has 1 aliphatic carbocycles. The third-order valence-corrected chi connectivity index (χ3v) is 3.39. The lowest BCUT2D eigenvalue weighted by Crippen LogP contribution is -2.15. The Labute approximate surface area is 105 Å². The van der Waals surface area contributed by atoms with Gasteiger partial charge in [0.25, 0.3) is 0 Å². The zero-order valence-corrected chi connectivity index (χ0v) is 11.2. The maximum absolute atomic E-state index is 4.57. The minimum absolute atomic E-state index is 0.799. The zero-order valence-electron chi connectivity index (χ0n) is 11.2. The Hall–Kier alpha value is -0.830. The van der Waals surface area contributed by atoms with Crippen molar-refractivity contribution in [2.75, 3.05) is 6.54 Å². The highest BCUT2D eigenvalue weighted by Gasteiger charge is 2.29. The smallest absolute Gasteiger partial charge is 0.0537 e. The number of hydrogen-bond acceptors (Lipinski definition) is 2. The van der Waals surface area contributed by atoms with Gasteiger partial charge in [-0.3, -0.25) is 4.68 Å². The quantitative estimate of drug-likeness (QED) is 0.702. The summed E-state index contributed by atoms with van der Waals surface area (Å²) >= 11 is 0. The molecule has 0 spiro atoms. The summed E-state index contributed by atoms with van der Waals surface area (Å²) in [6, 6.07) is 0. The van der Waals surface area contributed by atoms with E-state index in [2.05, 4.69) is 35.1 Å². The number of unbranched alkanes of at least 4 members (excludes halogenated alkanes) is 1. The molecule has 17 heavy (non-hydrogen) atoms. The average Bonchev–Trinajstić information content (AvgIpc) is 3.10. The number of rotatable bonds is 8. The summed E-state index contributed by atoms with van der Waals surface area (Å²) in [7, 11) is 0. The van der Waals surface area contributed by atoms with Crippen molar-refractivity contribution in [1.29, 1.82) is 0 Å². The number of aromatic nitrogens is 2. The van der Waals surface area contributed by atoms with Crippen LogP contribution in [0, 0.1) is 0 Å². The first-order valence-corrected chi connectivity index (χ1v) is 7.12. The van der Waals surface area contributed by atoms with Crippen LogP contribution >= 0.6 is 0 Å². The van der Waals surface area contributed by atoms with Crippen LogP contribution in [-0.4, -0.2) is 16.3 Å². The molecule has 0 aliphatic heterocycles. The van der Waals surface area contributed by atoms with Crippen molar-refractivity contribution in [1.82, 2.24) is 15.1 Å². The third-order valence-electron chi connectivity index (χ3n) is 3.39. The lowest BCUT2D eigenvalue weighted by Gasteiger charge is -2.09. The van der Waals surface area contributed by atoms with Crippen molar-refractivity contribution >= 4 is 0 Å². The molecule has 1 N–H and O–H groups in total. The van der Waals surface area contributed by atoms with Crippen LogP contribution in [0.1, 0.15) is 63.1 Å². The topological polar surface area (TPSA) is 29.9 Å². The van der Waals surface area contributed by atoms with Crippen molar-refractivity contribution in [2.45, 2.75) is 65.0 Å². The van der Waals surface area contributed by atoms with Crippen LogP contribution in [0.25, 0.3) is 0 Å². The van der Waals surface area contributed by atoms with E-state index in [0.29, 0.717) is 0 Å². The van der Waals surface area contributed by atoms with Gasteiger partial charge in [0, 0.05) is 30.3 Å². The number of aryl methyl sites for hydroxylation is 1. The summed E-state index contributed by atoms with van der Waals surface area (Å²) in [5.41, 5.74) is 2.94. The Morgan fingerprint density at radius 2 is 2.18 bits per heavy atom. The predicted octanol–water partition coefficient (Wildman–Crippen LogP) is 3.06. The van der Waals surface area contributed by atoms with Gasteiger partial charge < -0.3 is 5.32 Å². The monoisotopic (exact) mass is 235 g/mol. The number of nitrogens with zero attached hydrogens (tertiary/aromatic N) is 2. The van der Waals surface area contributed by atoms with E-state index in [1.807, 2.05) is 0 Å². The van der Waals surface area contributed by atoms with Crippen LogP contribution in [0.3, 0.4) is 0 Å². The zero-order chi connectivity index (χ0) is 12.1. The second-order valence-electron chi connectivity index (χ2n) is 5.08. The van der Waals surface area contributed by atoms with Gasteiger partial charge in [-0.1, -0.05) is 20.3 Å². The molecule has 1 aromatic heterocycles. The maximum atomic E-state index is 4.57. The molecule has 2 rings (SSSR count). The highest BCUT2D eigenvalue weighted by Crippen LogP contribution is 2.41. The van der Waals surface area contributed by atoms with Crippen molar-refractivity contribution in [2.24, 2.45) is 0 Å². The van der Waals surface area contributed by atoms with Gasteiger partial charge in [-0.2, -0.15) is 5.10 Å². The van der Waals surface area contributed by atoms with Crippen LogP contribution < -0.4 is 5.32 Å². The fourth-order valence-corrected chi connectivity index (χ4v) is 2.29. The Morgan fingerprint density at radius 3 is 2.82 bits per heavy atom. The molecule has 96 valence electrons. The summed E-state index contributed by atoms with van der Waals surface area (Å²) in [6.07, 6.45) is 8.47. The first kappa shape index (κ1) is 12.6.